The van der Waals surface area contributed by atoms with E-state index in [1.54, 1.807) is 18.2 Å². The topological polar surface area (TPSA) is 67.8 Å². The molecule has 1 aromatic heterocycles. The third-order valence-electron chi connectivity index (χ3n) is 6.31. The summed E-state index contributed by atoms with van der Waals surface area (Å²) >= 11 is 0. The second-order valence-electron chi connectivity index (χ2n) is 8.51. The smallest absolute Gasteiger partial charge is 0.254 e. The summed E-state index contributed by atoms with van der Waals surface area (Å²) < 4.78 is 10.8. The van der Waals surface area contributed by atoms with E-state index in [1.807, 2.05) is 11.0 Å². The minimum absolute atomic E-state index is 0.0167. The largest absolute Gasteiger partial charge is 0.454 e. The van der Waals surface area contributed by atoms with E-state index in [1.165, 1.54) is 11.1 Å². The Morgan fingerprint density at radius 1 is 0.970 bits per heavy atom. The fraction of sp³-hybridized carbons (Fsp3) is 0.346. The van der Waals surface area contributed by atoms with Crippen LogP contribution in [0.4, 0.5) is 5.82 Å². The number of fused-ring (bicyclic) bond motifs is 1. The normalized spacial score (nSPS) is 15.1. The second kappa shape index (κ2) is 8.73. The summed E-state index contributed by atoms with van der Waals surface area (Å²) in [4.78, 5) is 27.0. The molecule has 0 radical (unpaired) electrons. The van der Waals surface area contributed by atoms with Gasteiger partial charge in [-0.1, -0.05) is 30.7 Å². The molecule has 2 aliphatic heterocycles. The first-order chi connectivity index (χ1) is 16.0. The highest BCUT2D eigenvalue weighted by molar-refractivity contribution is 5.95. The van der Waals surface area contributed by atoms with Gasteiger partial charge in [0.05, 0.1) is 0 Å². The van der Waals surface area contributed by atoms with Crippen LogP contribution in [0.1, 0.15) is 34.1 Å². The number of hydrogen-bond acceptors (Lipinski definition) is 6. The Kier molecular flexibility index (Phi) is 5.62. The Labute approximate surface area is 194 Å². The molecule has 3 aromatic rings. The minimum atomic E-state index is 0.0167. The van der Waals surface area contributed by atoms with Gasteiger partial charge in [-0.3, -0.25) is 4.79 Å². The van der Waals surface area contributed by atoms with E-state index in [-0.39, 0.29) is 12.7 Å². The van der Waals surface area contributed by atoms with Gasteiger partial charge in [-0.15, -0.1) is 0 Å². The van der Waals surface area contributed by atoms with Crippen molar-refractivity contribution in [1.29, 1.82) is 0 Å². The van der Waals surface area contributed by atoms with E-state index in [9.17, 15) is 4.79 Å². The summed E-state index contributed by atoms with van der Waals surface area (Å²) in [5.74, 6) is 3.07. The number of carbonyl (C=O) groups excluding carboxylic acids is 1. The Balaban J connectivity index is 1.35. The van der Waals surface area contributed by atoms with E-state index in [4.69, 9.17) is 19.4 Å². The lowest BCUT2D eigenvalue weighted by Crippen LogP contribution is -2.49. The van der Waals surface area contributed by atoms with Crippen LogP contribution in [-0.4, -0.2) is 53.7 Å². The van der Waals surface area contributed by atoms with Crippen LogP contribution in [0.3, 0.4) is 0 Å². The summed E-state index contributed by atoms with van der Waals surface area (Å²) in [6.45, 7) is 9.21. The molecule has 2 aromatic carbocycles. The summed E-state index contributed by atoms with van der Waals surface area (Å²) in [6.07, 6.45) is 0.867. The van der Waals surface area contributed by atoms with E-state index < -0.39 is 0 Å². The van der Waals surface area contributed by atoms with E-state index >= 15 is 0 Å². The minimum Gasteiger partial charge on any atom is -0.454 e. The molecule has 1 fully saturated rings. The van der Waals surface area contributed by atoms with Crippen molar-refractivity contribution in [3.63, 3.8) is 0 Å². The molecule has 33 heavy (non-hydrogen) atoms. The molecule has 2 aliphatic rings. The number of benzene rings is 2. The van der Waals surface area contributed by atoms with Crippen LogP contribution < -0.4 is 14.4 Å². The van der Waals surface area contributed by atoms with Gasteiger partial charge in [-0.25, -0.2) is 9.97 Å². The molecule has 3 heterocycles. The van der Waals surface area contributed by atoms with Crippen LogP contribution >= 0.6 is 0 Å². The van der Waals surface area contributed by atoms with Crippen LogP contribution in [0.15, 0.2) is 42.5 Å². The lowest BCUT2D eigenvalue weighted by molar-refractivity contribution is 0.0746. The van der Waals surface area contributed by atoms with Gasteiger partial charge in [0, 0.05) is 48.6 Å². The van der Waals surface area contributed by atoms with Crippen LogP contribution in [0.2, 0.25) is 0 Å². The molecular weight excluding hydrogens is 416 g/mol. The van der Waals surface area contributed by atoms with Crippen molar-refractivity contribution in [2.75, 3.05) is 37.9 Å². The Bertz CT molecular complexity index is 1200. The lowest BCUT2D eigenvalue weighted by Gasteiger charge is -2.36. The average molecular weight is 445 g/mol. The van der Waals surface area contributed by atoms with Crippen molar-refractivity contribution in [3.8, 4) is 22.9 Å². The van der Waals surface area contributed by atoms with E-state index in [0.717, 1.165) is 42.4 Å². The Morgan fingerprint density at radius 3 is 2.52 bits per heavy atom. The van der Waals surface area contributed by atoms with Crippen LogP contribution in [0.5, 0.6) is 11.5 Å². The molecule has 1 saturated heterocycles. The van der Waals surface area contributed by atoms with Gasteiger partial charge in [-0.05, 0) is 44.5 Å². The van der Waals surface area contributed by atoms with Crippen LogP contribution in [0.25, 0.3) is 11.4 Å². The van der Waals surface area contributed by atoms with Gasteiger partial charge in [0.15, 0.2) is 17.3 Å². The molecule has 1 amide bonds. The molecular formula is C26H28N4O3. The third kappa shape index (κ3) is 4.11. The van der Waals surface area contributed by atoms with Crippen molar-refractivity contribution >= 4 is 11.7 Å². The SMILES string of the molecule is CCc1c(C)nc(-c2cccc(C)c2)nc1N1CCN(C(=O)c2ccc3c(c2)OCO3)CC1. The predicted octanol–water partition coefficient (Wildman–Crippen LogP) is 4.01. The van der Waals surface area contributed by atoms with Crippen molar-refractivity contribution in [3.05, 3.63) is 64.8 Å². The number of nitrogens with zero attached hydrogens (tertiary/aromatic N) is 4. The highest BCUT2D eigenvalue weighted by atomic mass is 16.7. The zero-order valence-corrected chi connectivity index (χ0v) is 19.3. The molecule has 0 saturated carbocycles. The maximum atomic E-state index is 13.1. The van der Waals surface area contributed by atoms with Gasteiger partial charge in [-0.2, -0.15) is 0 Å². The van der Waals surface area contributed by atoms with Gasteiger partial charge in [0.25, 0.3) is 5.91 Å². The summed E-state index contributed by atoms with van der Waals surface area (Å²) in [5, 5.41) is 0. The van der Waals surface area contributed by atoms with Gasteiger partial charge < -0.3 is 19.3 Å². The second-order valence-corrected chi connectivity index (χ2v) is 8.51. The Hall–Kier alpha value is -3.61. The van der Waals surface area contributed by atoms with Gasteiger partial charge >= 0.3 is 0 Å². The molecule has 170 valence electrons. The maximum Gasteiger partial charge on any atom is 0.254 e. The number of anilines is 1. The number of amides is 1. The van der Waals surface area contributed by atoms with Crippen LogP contribution in [0, 0.1) is 13.8 Å². The molecule has 7 nitrogen and oxygen atoms in total. The number of hydrogen-bond donors (Lipinski definition) is 0. The molecule has 5 rings (SSSR count). The Morgan fingerprint density at radius 2 is 1.76 bits per heavy atom. The number of rotatable bonds is 4. The number of piperazine rings is 1. The quantitative estimate of drug-likeness (QED) is 0.606. The third-order valence-corrected chi connectivity index (χ3v) is 6.31. The number of ether oxygens (including phenoxy) is 2. The summed E-state index contributed by atoms with van der Waals surface area (Å²) in [6, 6.07) is 13.7. The van der Waals surface area contributed by atoms with Gasteiger partial charge in [0.1, 0.15) is 5.82 Å². The highest BCUT2D eigenvalue weighted by Crippen LogP contribution is 2.33. The first-order valence-corrected chi connectivity index (χ1v) is 11.4. The monoisotopic (exact) mass is 444 g/mol. The van der Waals surface area contributed by atoms with Crippen LogP contribution in [-0.2, 0) is 6.42 Å². The highest BCUT2D eigenvalue weighted by Gasteiger charge is 2.26. The fourth-order valence-electron chi connectivity index (χ4n) is 4.50. The summed E-state index contributed by atoms with van der Waals surface area (Å²) in [7, 11) is 0. The molecule has 0 spiro atoms. The zero-order valence-electron chi connectivity index (χ0n) is 19.3. The molecule has 0 atom stereocenters. The zero-order chi connectivity index (χ0) is 22.9. The summed E-state index contributed by atoms with van der Waals surface area (Å²) in [5.41, 5.74) is 5.02. The number of carbonyl (C=O) groups is 1. The van der Waals surface area contributed by atoms with E-state index in [2.05, 4.69) is 43.9 Å². The molecule has 0 N–H and O–H groups in total. The molecule has 0 bridgehead atoms. The van der Waals surface area contributed by atoms with Crippen molar-refractivity contribution in [1.82, 2.24) is 14.9 Å². The van der Waals surface area contributed by atoms with E-state index in [0.29, 0.717) is 30.2 Å². The maximum absolute atomic E-state index is 13.1. The molecule has 0 aliphatic carbocycles. The van der Waals surface area contributed by atoms with Crippen molar-refractivity contribution < 1.29 is 14.3 Å². The standard InChI is InChI=1S/C26H28N4O3/c1-4-21-18(3)27-24(19-7-5-6-17(2)14-19)28-25(21)29-10-12-30(13-11-29)26(31)20-8-9-22-23(15-20)33-16-32-22/h5-9,14-15H,4,10-13,16H2,1-3H3. The molecule has 7 heteroatoms. The van der Waals surface area contributed by atoms with Crippen molar-refractivity contribution in [2.45, 2.75) is 27.2 Å². The first kappa shape index (κ1) is 21.2. The predicted molar refractivity (Wildman–Crippen MR) is 127 cm³/mol. The number of aryl methyl sites for hydroxylation is 2. The average Bonchev–Trinajstić information content (AvgIpc) is 3.31. The first-order valence-electron chi connectivity index (χ1n) is 11.4. The van der Waals surface area contributed by atoms with Crippen molar-refractivity contribution in [2.24, 2.45) is 0 Å². The van der Waals surface area contributed by atoms with Gasteiger partial charge in [0.2, 0.25) is 6.79 Å². The lowest BCUT2D eigenvalue weighted by atomic mass is 10.1. The fourth-order valence-corrected chi connectivity index (χ4v) is 4.50. The number of aromatic nitrogens is 2. The molecule has 0 unspecified atom stereocenters.